The smallest absolute Gasteiger partial charge is 0.248 e. The summed E-state index contributed by atoms with van der Waals surface area (Å²) in [4.78, 5) is 24.1. The number of rotatable bonds is 7. The number of benzene rings is 1. The second-order valence-electron chi connectivity index (χ2n) is 5.97. The number of furan rings is 1. The molecule has 2 atom stereocenters. The van der Waals surface area contributed by atoms with Crippen molar-refractivity contribution in [2.75, 3.05) is 10.6 Å². The van der Waals surface area contributed by atoms with Crippen LogP contribution in [-0.4, -0.2) is 23.0 Å². The fourth-order valence-corrected chi connectivity index (χ4v) is 2.17. The zero-order valence-corrected chi connectivity index (χ0v) is 16.0. The van der Waals surface area contributed by atoms with Crippen LogP contribution in [0.4, 0.5) is 11.4 Å². The van der Waals surface area contributed by atoms with Crippen molar-refractivity contribution in [2.24, 2.45) is 11.7 Å². The topological polar surface area (TPSA) is 118 Å². The van der Waals surface area contributed by atoms with E-state index in [1.165, 1.54) is 36.6 Å². The summed E-state index contributed by atoms with van der Waals surface area (Å²) in [7, 11) is 0. The number of hydrogen-bond donors (Lipinski definition) is 4. The van der Waals surface area contributed by atoms with E-state index in [9.17, 15) is 14.7 Å². The Kier molecular flexibility index (Phi) is 8.58. The predicted octanol–water partition coefficient (Wildman–Crippen LogP) is 3.37. The molecule has 0 unspecified atom stereocenters. The van der Waals surface area contributed by atoms with Crippen LogP contribution in [-0.2, 0) is 9.59 Å². The number of nitrogens with one attached hydrogen (secondary N) is 2. The molecule has 2 aromatic rings. The van der Waals surface area contributed by atoms with Crippen molar-refractivity contribution in [3.63, 3.8) is 0 Å². The number of halogens is 1. The van der Waals surface area contributed by atoms with Crippen molar-refractivity contribution in [2.45, 2.75) is 26.3 Å². The third kappa shape index (κ3) is 6.47. The molecule has 0 spiro atoms. The summed E-state index contributed by atoms with van der Waals surface area (Å²) in [5, 5.41) is 15.2. The molecule has 146 valence electrons. The summed E-state index contributed by atoms with van der Waals surface area (Å²) in [5.41, 5.74) is 6.50. The van der Waals surface area contributed by atoms with E-state index in [1.54, 1.807) is 12.1 Å². The average molecular weight is 394 g/mol. The zero-order chi connectivity index (χ0) is 19.1. The van der Waals surface area contributed by atoms with Gasteiger partial charge in [0.05, 0.1) is 18.0 Å². The summed E-state index contributed by atoms with van der Waals surface area (Å²) in [6.45, 7) is 3.83. The number of carbonyl (C=O) groups is 2. The van der Waals surface area contributed by atoms with Crippen molar-refractivity contribution in [1.29, 1.82) is 0 Å². The van der Waals surface area contributed by atoms with Gasteiger partial charge in [-0.1, -0.05) is 20.3 Å². The monoisotopic (exact) mass is 393 g/mol. The molecule has 0 fully saturated rings. The maximum Gasteiger partial charge on any atom is 0.248 e. The molecule has 0 bridgehead atoms. The fraction of sp³-hybridized carbons (Fsp3) is 0.263. The molecule has 0 aliphatic carbocycles. The summed E-state index contributed by atoms with van der Waals surface area (Å²) in [6, 6.07) is 7.13. The first-order valence-corrected chi connectivity index (χ1v) is 8.32. The highest BCUT2D eigenvalue weighted by Crippen LogP contribution is 2.27. The minimum absolute atomic E-state index is 0. The van der Waals surface area contributed by atoms with Gasteiger partial charge in [0, 0.05) is 11.8 Å². The minimum atomic E-state index is -0.686. The molecule has 0 aliphatic heterocycles. The lowest BCUT2D eigenvalue weighted by Gasteiger charge is -2.18. The highest BCUT2D eigenvalue weighted by Gasteiger charge is 2.20. The van der Waals surface area contributed by atoms with E-state index in [2.05, 4.69) is 10.6 Å². The minimum Gasteiger partial charge on any atom is -0.506 e. The summed E-state index contributed by atoms with van der Waals surface area (Å²) < 4.78 is 5.10. The van der Waals surface area contributed by atoms with Crippen LogP contribution in [0, 0.1) is 5.92 Å². The first-order valence-electron chi connectivity index (χ1n) is 8.32. The SMILES string of the molecule is CC[C@H](C)[C@H](N)C(=O)Nc1cc(NC(=O)/C=C/c2ccco2)ccc1O.Cl. The Labute approximate surface area is 164 Å². The van der Waals surface area contributed by atoms with E-state index < -0.39 is 11.9 Å². The Hall–Kier alpha value is -2.77. The van der Waals surface area contributed by atoms with Gasteiger partial charge < -0.3 is 25.9 Å². The Bertz CT molecular complexity index is 790. The summed E-state index contributed by atoms with van der Waals surface area (Å²) >= 11 is 0. The number of carbonyl (C=O) groups excluding carboxylic acids is 2. The molecule has 5 N–H and O–H groups in total. The van der Waals surface area contributed by atoms with Crippen LogP contribution in [0.1, 0.15) is 26.0 Å². The lowest BCUT2D eigenvalue weighted by molar-refractivity contribution is -0.118. The van der Waals surface area contributed by atoms with Crippen LogP contribution in [0.2, 0.25) is 0 Å². The number of phenols is 1. The molecule has 2 amide bonds. The molecule has 7 nitrogen and oxygen atoms in total. The summed E-state index contributed by atoms with van der Waals surface area (Å²) in [6.07, 6.45) is 5.13. The Morgan fingerprint density at radius 3 is 2.67 bits per heavy atom. The molecule has 8 heteroatoms. The van der Waals surface area contributed by atoms with Gasteiger partial charge in [0.15, 0.2) is 0 Å². The number of amides is 2. The molecular weight excluding hydrogens is 370 g/mol. The third-order valence-electron chi connectivity index (χ3n) is 4.02. The maximum atomic E-state index is 12.2. The van der Waals surface area contributed by atoms with E-state index in [-0.39, 0.29) is 35.7 Å². The number of aromatic hydroxyl groups is 1. The molecule has 0 saturated heterocycles. The van der Waals surface area contributed by atoms with Crippen LogP contribution in [0.3, 0.4) is 0 Å². The van der Waals surface area contributed by atoms with Gasteiger partial charge in [0.2, 0.25) is 11.8 Å². The van der Waals surface area contributed by atoms with Gasteiger partial charge in [-0.2, -0.15) is 0 Å². The van der Waals surface area contributed by atoms with Gasteiger partial charge in [-0.25, -0.2) is 0 Å². The lowest BCUT2D eigenvalue weighted by Crippen LogP contribution is -2.40. The first kappa shape index (κ1) is 22.3. The number of hydrogen-bond acceptors (Lipinski definition) is 5. The maximum absolute atomic E-state index is 12.2. The zero-order valence-electron chi connectivity index (χ0n) is 15.1. The molecule has 0 saturated carbocycles. The fourth-order valence-electron chi connectivity index (χ4n) is 2.17. The Balaban J connectivity index is 0.00000364. The molecule has 0 radical (unpaired) electrons. The van der Waals surface area contributed by atoms with Crippen molar-refractivity contribution in [3.8, 4) is 5.75 Å². The van der Waals surface area contributed by atoms with E-state index in [1.807, 2.05) is 13.8 Å². The first-order chi connectivity index (χ1) is 12.4. The van der Waals surface area contributed by atoms with Crippen molar-refractivity contribution >= 4 is 41.7 Å². The molecule has 1 aromatic heterocycles. The van der Waals surface area contributed by atoms with Crippen LogP contribution >= 0.6 is 12.4 Å². The second kappa shape index (κ2) is 10.4. The van der Waals surface area contributed by atoms with Gasteiger partial charge in [0.25, 0.3) is 0 Å². The molecular formula is C19H24ClN3O4. The van der Waals surface area contributed by atoms with Gasteiger partial charge >= 0.3 is 0 Å². The number of phenolic OH excluding ortho intramolecular Hbond substituents is 1. The van der Waals surface area contributed by atoms with Gasteiger partial charge in [-0.05, 0) is 42.3 Å². The molecule has 2 rings (SSSR count). The third-order valence-corrected chi connectivity index (χ3v) is 4.02. The highest BCUT2D eigenvalue weighted by atomic mass is 35.5. The lowest BCUT2D eigenvalue weighted by atomic mass is 9.99. The van der Waals surface area contributed by atoms with Gasteiger partial charge in [-0.15, -0.1) is 12.4 Å². The van der Waals surface area contributed by atoms with E-state index in [0.717, 1.165) is 6.42 Å². The van der Waals surface area contributed by atoms with E-state index >= 15 is 0 Å². The standard InChI is InChI=1S/C19H23N3O4.ClH/c1-3-12(2)18(20)19(25)22-15-11-13(6-8-16(15)23)21-17(24)9-7-14-5-4-10-26-14;/h4-12,18,23H,3,20H2,1-2H3,(H,21,24)(H,22,25);1H/b9-7+;/t12-,18-;/m0./s1. The van der Waals surface area contributed by atoms with Gasteiger partial charge in [-0.3, -0.25) is 9.59 Å². The van der Waals surface area contributed by atoms with Gasteiger partial charge in [0.1, 0.15) is 11.5 Å². The molecule has 0 aliphatic rings. The number of nitrogens with two attached hydrogens (primary N) is 1. The van der Waals surface area contributed by atoms with Crippen LogP contribution in [0.5, 0.6) is 5.75 Å². The van der Waals surface area contributed by atoms with Crippen molar-refractivity contribution in [1.82, 2.24) is 0 Å². The molecule has 1 aromatic carbocycles. The normalized spacial score (nSPS) is 12.9. The predicted molar refractivity (Wildman–Crippen MR) is 108 cm³/mol. The van der Waals surface area contributed by atoms with Crippen LogP contribution < -0.4 is 16.4 Å². The van der Waals surface area contributed by atoms with E-state index in [0.29, 0.717) is 11.4 Å². The largest absolute Gasteiger partial charge is 0.506 e. The van der Waals surface area contributed by atoms with Crippen molar-refractivity contribution in [3.05, 3.63) is 48.4 Å². The average Bonchev–Trinajstić information content (AvgIpc) is 3.15. The molecule has 1 heterocycles. The quantitative estimate of drug-likeness (QED) is 0.327. The van der Waals surface area contributed by atoms with Crippen LogP contribution in [0.25, 0.3) is 6.08 Å². The number of anilines is 2. The Morgan fingerprint density at radius 1 is 1.30 bits per heavy atom. The Morgan fingerprint density at radius 2 is 2.04 bits per heavy atom. The summed E-state index contributed by atoms with van der Waals surface area (Å²) in [5.74, 6) is -0.319. The second-order valence-corrected chi connectivity index (χ2v) is 5.97. The highest BCUT2D eigenvalue weighted by molar-refractivity contribution is 6.03. The van der Waals surface area contributed by atoms with Crippen LogP contribution in [0.15, 0.2) is 47.1 Å². The van der Waals surface area contributed by atoms with Crippen molar-refractivity contribution < 1.29 is 19.1 Å². The molecule has 27 heavy (non-hydrogen) atoms. The van der Waals surface area contributed by atoms with E-state index in [4.69, 9.17) is 10.2 Å².